The number of ether oxygens (including phenoxy) is 1. The predicted molar refractivity (Wildman–Crippen MR) is 108 cm³/mol. The number of aromatic carboxylic acids is 1. The summed E-state index contributed by atoms with van der Waals surface area (Å²) in [4.78, 5) is 19.0. The maximum Gasteiger partial charge on any atom is 0.337 e. The Kier molecular flexibility index (Phi) is 5.06. The Bertz CT molecular complexity index is 1090. The lowest BCUT2D eigenvalue weighted by atomic mass is 10.1. The SMILES string of the molecule is O=C(O)c1cccc2[nH]c(CCc3ccc(OCc4ccccc4)cc3)nc12. The average Bonchev–Trinajstić information content (AvgIpc) is 3.15. The van der Waals surface area contributed by atoms with Gasteiger partial charge < -0.3 is 14.8 Å². The van der Waals surface area contributed by atoms with Crippen LogP contribution < -0.4 is 4.74 Å². The molecule has 0 unspecified atom stereocenters. The molecule has 0 amide bonds. The predicted octanol–water partition coefficient (Wildman–Crippen LogP) is 4.63. The monoisotopic (exact) mass is 372 g/mol. The van der Waals surface area contributed by atoms with Gasteiger partial charge in [0.15, 0.2) is 0 Å². The molecule has 0 aliphatic rings. The van der Waals surface area contributed by atoms with Crippen LogP contribution >= 0.6 is 0 Å². The molecule has 1 aromatic heterocycles. The van der Waals surface area contributed by atoms with Crippen molar-refractivity contribution in [3.05, 3.63) is 95.3 Å². The minimum absolute atomic E-state index is 0.222. The zero-order valence-corrected chi connectivity index (χ0v) is 15.3. The van der Waals surface area contributed by atoms with E-state index in [0.717, 1.165) is 29.1 Å². The second-order valence-corrected chi connectivity index (χ2v) is 6.61. The largest absolute Gasteiger partial charge is 0.489 e. The fraction of sp³-hybridized carbons (Fsp3) is 0.130. The number of H-pyrrole nitrogens is 1. The van der Waals surface area contributed by atoms with E-state index >= 15 is 0 Å². The summed E-state index contributed by atoms with van der Waals surface area (Å²) in [6.07, 6.45) is 1.51. The number of imidazole rings is 1. The normalized spacial score (nSPS) is 10.9. The number of aromatic nitrogens is 2. The lowest BCUT2D eigenvalue weighted by Crippen LogP contribution is -1.97. The van der Waals surface area contributed by atoms with Crippen LogP contribution in [0.25, 0.3) is 11.0 Å². The van der Waals surface area contributed by atoms with E-state index in [2.05, 4.69) is 9.97 Å². The quantitative estimate of drug-likeness (QED) is 0.496. The van der Waals surface area contributed by atoms with E-state index in [-0.39, 0.29) is 5.56 Å². The van der Waals surface area contributed by atoms with Crippen LogP contribution in [-0.4, -0.2) is 21.0 Å². The van der Waals surface area contributed by atoms with Crippen LogP contribution in [0.5, 0.6) is 5.75 Å². The molecule has 0 bridgehead atoms. The molecule has 2 N–H and O–H groups in total. The van der Waals surface area contributed by atoms with Gasteiger partial charge in [-0.25, -0.2) is 9.78 Å². The summed E-state index contributed by atoms with van der Waals surface area (Å²) in [5.74, 6) is 0.658. The Morgan fingerprint density at radius 3 is 2.43 bits per heavy atom. The van der Waals surface area contributed by atoms with Crippen LogP contribution in [0.1, 0.15) is 27.3 Å². The highest BCUT2D eigenvalue weighted by Crippen LogP contribution is 2.19. The third-order valence-electron chi connectivity index (χ3n) is 4.61. The van der Waals surface area contributed by atoms with Gasteiger partial charge in [0.25, 0.3) is 0 Å². The topological polar surface area (TPSA) is 75.2 Å². The van der Waals surface area contributed by atoms with Crippen molar-refractivity contribution in [3.8, 4) is 5.75 Å². The number of carboxylic acids is 1. The first-order chi connectivity index (χ1) is 13.7. The molecule has 3 aromatic carbocycles. The zero-order chi connectivity index (χ0) is 19.3. The molecular weight excluding hydrogens is 352 g/mol. The van der Waals surface area contributed by atoms with Gasteiger partial charge >= 0.3 is 5.97 Å². The van der Waals surface area contributed by atoms with Crippen LogP contribution in [0.4, 0.5) is 0 Å². The summed E-state index contributed by atoms with van der Waals surface area (Å²) >= 11 is 0. The smallest absolute Gasteiger partial charge is 0.337 e. The number of nitrogens with one attached hydrogen (secondary N) is 1. The molecule has 5 nitrogen and oxygen atoms in total. The molecule has 4 aromatic rings. The molecule has 0 saturated heterocycles. The van der Waals surface area contributed by atoms with Crippen molar-refractivity contribution < 1.29 is 14.6 Å². The number of carbonyl (C=O) groups is 1. The van der Waals surface area contributed by atoms with E-state index in [1.54, 1.807) is 12.1 Å². The number of benzene rings is 3. The van der Waals surface area contributed by atoms with Gasteiger partial charge in [-0.2, -0.15) is 0 Å². The Hall–Kier alpha value is -3.60. The van der Waals surface area contributed by atoms with Crippen molar-refractivity contribution in [2.75, 3.05) is 0 Å². The van der Waals surface area contributed by atoms with E-state index in [9.17, 15) is 9.90 Å². The molecule has 5 heteroatoms. The first kappa shape index (κ1) is 17.8. The first-order valence-corrected chi connectivity index (χ1v) is 9.15. The average molecular weight is 372 g/mol. The lowest BCUT2D eigenvalue weighted by Gasteiger charge is -2.07. The van der Waals surface area contributed by atoms with Gasteiger partial charge in [-0.15, -0.1) is 0 Å². The van der Waals surface area contributed by atoms with Crippen molar-refractivity contribution in [1.29, 1.82) is 0 Å². The van der Waals surface area contributed by atoms with Gasteiger partial charge in [0.1, 0.15) is 23.7 Å². The fourth-order valence-electron chi connectivity index (χ4n) is 3.13. The Morgan fingerprint density at radius 1 is 0.893 bits per heavy atom. The Morgan fingerprint density at radius 2 is 1.68 bits per heavy atom. The molecular formula is C23H20N2O3. The maximum absolute atomic E-state index is 11.3. The second kappa shape index (κ2) is 7.96. The van der Waals surface area contributed by atoms with Crippen molar-refractivity contribution in [3.63, 3.8) is 0 Å². The number of rotatable bonds is 7. The van der Waals surface area contributed by atoms with Gasteiger partial charge in [0.05, 0.1) is 11.1 Å². The number of carboxylic acid groups (broad SMARTS) is 1. The molecule has 0 aliphatic heterocycles. The van der Waals surface area contributed by atoms with E-state index in [1.807, 2.05) is 60.7 Å². The fourth-order valence-corrected chi connectivity index (χ4v) is 3.13. The minimum atomic E-state index is -0.963. The van der Waals surface area contributed by atoms with Gasteiger partial charge in [0.2, 0.25) is 0 Å². The van der Waals surface area contributed by atoms with Gasteiger partial charge in [-0.1, -0.05) is 48.5 Å². The summed E-state index contributed by atoms with van der Waals surface area (Å²) in [7, 11) is 0. The molecule has 4 rings (SSSR count). The second-order valence-electron chi connectivity index (χ2n) is 6.61. The summed E-state index contributed by atoms with van der Waals surface area (Å²) in [5, 5.41) is 9.28. The third-order valence-corrected chi connectivity index (χ3v) is 4.61. The highest BCUT2D eigenvalue weighted by Gasteiger charge is 2.12. The number of para-hydroxylation sites is 1. The summed E-state index contributed by atoms with van der Waals surface area (Å²) < 4.78 is 5.81. The van der Waals surface area contributed by atoms with Crippen LogP contribution in [-0.2, 0) is 19.4 Å². The van der Waals surface area contributed by atoms with E-state index in [4.69, 9.17) is 4.74 Å². The van der Waals surface area contributed by atoms with Crippen LogP contribution in [0.15, 0.2) is 72.8 Å². The molecule has 1 heterocycles. The number of fused-ring (bicyclic) bond motifs is 1. The summed E-state index contributed by atoms with van der Waals surface area (Å²) in [5.41, 5.74) is 3.79. The molecule has 0 spiro atoms. The highest BCUT2D eigenvalue weighted by atomic mass is 16.5. The Balaban J connectivity index is 1.38. The van der Waals surface area contributed by atoms with E-state index in [1.165, 1.54) is 5.56 Å². The standard InChI is InChI=1S/C23H20N2O3/c26-23(27)19-7-4-8-20-22(19)25-21(24-20)14-11-16-9-12-18(13-10-16)28-15-17-5-2-1-3-6-17/h1-10,12-13H,11,14-15H2,(H,24,25)(H,26,27). The highest BCUT2D eigenvalue weighted by molar-refractivity contribution is 6.00. The van der Waals surface area contributed by atoms with Crippen LogP contribution in [0, 0.1) is 0 Å². The first-order valence-electron chi connectivity index (χ1n) is 9.15. The molecule has 0 fully saturated rings. The molecule has 0 aliphatic carbocycles. The Labute approximate surface area is 162 Å². The van der Waals surface area contributed by atoms with Crippen molar-refractivity contribution in [1.82, 2.24) is 9.97 Å². The molecule has 0 radical (unpaired) electrons. The number of aromatic amines is 1. The van der Waals surface area contributed by atoms with Crippen LogP contribution in [0.2, 0.25) is 0 Å². The summed E-state index contributed by atoms with van der Waals surface area (Å²) in [6, 6.07) is 23.2. The lowest BCUT2D eigenvalue weighted by molar-refractivity contribution is 0.0699. The summed E-state index contributed by atoms with van der Waals surface area (Å²) in [6.45, 7) is 0.547. The molecule has 0 saturated carbocycles. The maximum atomic E-state index is 11.3. The molecule has 28 heavy (non-hydrogen) atoms. The van der Waals surface area contributed by atoms with Crippen molar-refractivity contribution >= 4 is 17.0 Å². The van der Waals surface area contributed by atoms with Gasteiger partial charge in [-0.3, -0.25) is 0 Å². The molecule has 140 valence electrons. The zero-order valence-electron chi connectivity index (χ0n) is 15.3. The minimum Gasteiger partial charge on any atom is -0.489 e. The van der Waals surface area contributed by atoms with Crippen molar-refractivity contribution in [2.45, 2.75) is 19.4 Å². The van der Waals surface area contributed by atoms with Gasteiger partial charge in [-0.05, 0) is 41.8 Å². The van der Waals surface area contributed by atoms with Crippen molar-refractivity contribution in [2.24, 2.45) is 0 Å². The molecule has 0 atom stereocenters. The van der Waals surface area contributed by atoms with E-state index < -0.39 is 5.97 Å². The number of nitrogens with zero attached hydrogens (tertiary/aromatic N) is 1. The number of hydrogen-bond acceptors (Lipinski definition) is 3. The number of hydrogen-bond donors (Lipinski definition) is 2. The number of aryl methyl sites for hydroxylation is 2. The third kappa shape index (κ3) is 4.04. The van der Waals surface area contributed by atoms with Crippen LogP contribution in [0.3, 0.4) is 0 Å². The van der Waals surface area contributed by atoms with Gasteiger partial charge in [0, 0.05) is 6.42 Å². The van der Waals surface area contributed by atoms with E-state index in [0.29, 0.717) is 18.5 Å².